The third-order valence-corrected chi connectivity index (χ3v) is 5.36. The maximum Gasteiger partial charge on any atom is 0.0544 e. The second-order valence-corrected chi connectivity index (χ2v) is 6.78. The van der Waals surface area contributed by atoms with Crippen LogP contribution in [-0.4, -0.2) is 9.55 Å². The van der Waals surface area contributed by atoms with Gasteiger partial charge in [-0.2, -0.15) is 0 Å². The maximum absolute atomic E-state index is 3.65. The lowest BCUT2D eigenvalue weighted by Gasteiger charge is -2.05. The summed E-state index contributed by atoms with van der Waals surface area (Å²) in [7, 11) is 0. The van der Waals surface area contributed by atoms with Gasteiger partial charge in [0.1, 0.15) is 0 Å². The minimum Gasteiger partial charge on any atom is -0.354 e. The second kappa shape index (κ2) is 4.99. The fourth-order valence-corrected chi connectivity index (χ4v) is 4.17. The van der Waals surface area contributed by atoms with E-state index in [2.05, 4.69) is 101 Å². The summed E-state index contributed by atoms with van der Waals surface area (Å²) in [5.41, 5.74) is 4.83. The van der Waals surface area contributed by atoms with E-state index in [1.165, 1.54) is 49.2 Å². The molecule has 0 bridgehead atoms. The van der Waals surface area contributed by atoms with Crippen molar-refractivity contribution in [2.75, 3.05) is 0 Å². The predicted molar refractivity (Wildman–Crippen MR) is 110 cm³/mol. The Bertz CT molecular complexity index is 1420. The molecule has 0 aliphatic rings. The zero-order valence-corrected chi connectivity index (χ0v) is 14.1. The number of nitrogens with one attached hydrogen (secondary N) is 1. The summed E-state index contributed by atoms with van der Waals surface area (Å²) >= 11 is 0. The molecule has 2 aromatic heterocycles. The van der Waals surface area contributed by atoms with Crippen molar-refractivity contribution in [3.8, 4) is 5.69 Å². The molecular formula is C24H16N2. The van der Waals surface area contributed by atoms with Gasteiger partial charge >= 0.3 is 0 Å². The molecule has 6 aromatic rings. The van der Waals surface area contributed by atoms with Crippen molar-refractivity contribution in [3.05, 3.63) is 91.1 Å². The van der Waals surface area contributed by atoms with E-state index in [9.17, 15) is 0 Å². The molecule has 122 valence electrons. The standard InChI is InChI=1S/C24H16N2/c1-2-7-17(8-3-1)26-15-14-19-22(26)13-12-21-23(19)20-11-10-16-6-4-5-9-18(16)24(20)25-21/h1-15,25H. The molecule has 0 saturated carbocycles. The minimum absolute atomic E-state index is 1.19. The number of hydrogen-bond acceptors (Lipinski definition) is 0. The average Bonchev–Trinajstić information content (AvgIpc) is 3.29. The lowest BCUT2D eigenvalue weighted by Crippen LogP contribution is -1.90. The molecule has 0 saturated heterocycles. The van der Waals surface area contributed by atoms with Crippen molar-refractivity contribution in [1.82, 2.24) is 9.55 Å². The highest BCUT2D eigenvalue weighted by molar-refractivity contribution is 6.24. The summed E-state index contributed by atoms with van der Waals surface area (Å²) in [6.07, 6.45) is 2.17. The van der Waals surface area contributed by atoms with Crippen LogP contribution in [0.25, 0.3) is 49.2 Å². The van der Waals surface area contributed by atoms with Gasteiger partial charge in [0.25, 0.3) is 0 Å². The molecule has 1 N–H and O–H groups in total. The quantitative estimate of drug-likeness (QED) is 0.359. The Kier molecular flexibility index (Phi) is 2.64. The average molecular weight is 332 g/mol. The van der Waals surface area contributed by atoms with Gasteiger partial charge in [0.2, 0.25) is 0 Å². The highest BCUT2D eigenvalue weighted by atomic mass is 15.0. The van der Waals surface area contributed by atoms with Crippen molar-refractivity contribution in [1.29, 1.82) is 0 Å². The van der Waals surface area contributed by atoms with Crippen LogP contribution in [0.2, 0.25) is 0 Å². The van der Waals surface area contributed by atoms with Crippen LogP contribution in [0.4, 0.5) is 0 Å². The molecular weight excluding hydrogens is 316 g/mol. The number of para-hydroxylation sites is 1. The number of rotatable bonds is 1. The summed E-state index contributed by atoms with van der Waals surface area (Å²) in [6, 6.07) is 30.2. The molecule has 0 spiro atoms. The predicted octanol–water partition coefficient (Wildman–Crippen LogP) is 6.42. The zero-order chi connectivity index (χ0) is 17.1. The molecule has 0 atom stereocenters. The van der Waals surface area contributed by atoms with E-state index >= 15 is 0 Å². The summed E-state index contributed by atoms with van der Waals surface area (Å²) in [6.45, 7) is 0. The molecule has 0 amide bonds. The smallest absolute Gasteiger partial charge is 0.0544 e. The van der Waals surface area contributed by atoms with E-state index in [0.717, 1.165) is 0 Å². The fourth-order valence-electron chi connectivity index (χ4n) is 4.17. The zero-order valence-electron chi connectivity index (χ0n) is 14.1. The van der Waals surface area contributed by atoms with Crippen LogP contribution in [0, 0.1) is 0 Å². The van der Waals surface area contributed by atoms with Crippen LogP contribution in [-0.2, 0) is 0 Å². The van der Waals surface area contributed by atoms with Crippen molar-refractivity contribution >= 4 is 43.5 Å². The van der Waals surface area contributed by atoms with Gasteiger partial charge in [0, 0.05) is 38.9 Å². The SMILES string of the molecule is c1ccc(-n2ccc3c4c(ccc32)[nH]c2c3ccccc3ccc24)cc1. The van der Waals surface area contributed by atoms with E-state index in [1.54, 1.807) is 0 Å². The topological polar surface area (TPSA) is 20.7 Å². The Morgan fingerprint density at radius 2 is 1.46 bits per heavy atom. The summed E-state index contributed by atoms with van der Waals surface area (Å²) in [4.78, 5) is 3.65. The molecule has 0 unspecified atom stereocenters. The van der Waals surface area contributed by atoms with Gasteiger partial charge in [-0.1, -0.05) is 54.6 Å². The molecule has 6 rings (SSSR count). The van der Waals surface area contributed by atoms with Crippen molar-refractivity contribution in [2.45, 2.75) is 0 Å². The molecule has 0 aliphatic heterocycles. The van der Waals surface area contributed by atoms with Crippen molar-refractivity contribution in [2.24, 2.45) is 0 Å². The maximum atomic E-state index is 3.65. The highest BCUT2D eigenvalue weighted by Gasteiger charge is 2.13. The number of H-pyrrole nitrogens is 1. The Morgan fingerprint density at radius 1 is 0.615 bits per heavy atom. The van der Waals surface area contributed by atoms with Gasteiger partial charge in [0.15, 0.2) is 0 Å². The van der Waals surface area contributed by atoms with E-state index in [0.29, 0.717) is 0 Å². The number of nitrogens with zero attached hydrogens (tertiary/aromatic N) is 1. The normalized spacial score (nSPS) is 11.8. The Hall–Kier alpha value is -3.52. The van der Waals surface area contributed by atoms with Gasteiger partial charge in [0.05, 0.1) is 11.0 Å². The molecule has 4 aromatic carbocycles. The first-order chi connectivity index (χ1) is 12.9. The Balaban J connectivity index is 1.76. The van der Waals surface area contributed by atoms with Gasteiger partial charge in [-0.25, -0.2) is 0 Å². The number of benzene rings is 4. The van der Waals surface area contributed by atoms with Gasteiger partial charge in [-0.05, 0) is 35.7 Å². The molecule has 26 heavy (non-hydrogen) atoms. The summed E-state index contributed by atoms with van der Waals surface area (Å²) < 4.78 is 2.26. The lowest BCUT2D eigenvalue weighted by atomic mass is 10.0. The van der Waals surface area contributed by atoms with Gasteiger partial charge in [-0.15, -0.1) is 0 Å². The molecule has 0 radical (unpaired) electrons. The van der Waals surface area contributed by atoms with Crippen LogP contribution in [0.5, 0.6) is 0 Å². The monoisotopic (exact) mass is 332 g/mol. The third kappa shape index (κ3) is 1.76. The van der Waals surface area contributed by atoms with Crippen LogP contribution >= 0.6 is 0 Å². The number of fused-ring (bicyclic) bond motifs is 7. The van der Waals surface area contributed by atoms with E-state index in [-0.39, 0.29) is 0 Å². The van der Waals surface area contributed by atoms with Crippen LogP contribution in [0.15, 0.2) is 91.1 Å². The molecule has 2 nitrogen and oxygen atoms in total. The number of aromatic nitrogens is 2. The lowest BCUT2D eigenvalue weighted by molar-refractivity contribution is 1.13. The minimum atomic E-state index is 1.19. The first kappa shape index (κ1) is 13.7. The largest absolute Gasteiger partial charge is 0.354 e. The first-order valence-electron chi connectivity index (χ1n) is 8.89. The van der Waals surface area contributed by atoms with Gasteiger partial charge in [-0.3, -0.25) is 0 Å². The number of hydrogen-bond donors (Lipinski definition) is 1. The highest BCUT2D eigenvalue weighted by Crippen LogP contribution is 2.36. The summed E-state index contributed by atoms with van der Waals surface area (Å²) in [5.74, 6) is 0. The molecule has 0 fully saturated rings. The third-order valence-electron chi connectivity index (χ3n) is 5.36. The van der Waals surface area contributed by atoms with Crippen LogP contribution < -0.4 is 0 Å². The molecule has 0 aliphatic carbocycles. The van der Waals surface area contributed by atoms with E-state index < -0.39 is 0 Å². The second-order valence-electron chi connectivity index (χ2n) is 6.78. The van der Waals surface area contributed by atoms with Crippen molar-refractivity contribution < 1.29 is 0 Å². The number of aromatic amines is 1. The van der Waals surface area contributed by atoms with Crippen LogP contribution in [0.3, 0.4) is 0 Å². The molecule has 2 heterocycles. The Labute approximate surface area is 150 Å². The Morgan fingerprint density at radius 3 is 2.38 bits per heavy atom. The fraction of sp³-hybridized carbons (Fsp3) is 0. The summed E-state index contributed by atoms with van der Waals surface area (Å²) in [5, 5.41) is 6.42. The van der Waals surface area contributed by atoms with Crippen molar-refractivity contribution in [3.63, 3.8) is 0 Å². The van der Waals surface area contributed by atoms with E-state index in [4.69, 9.17) is 0 Å². The van der Waals surface area contributed by atoms with E-state index in [1.807, 2.05) is 0 Å². The van der Waals surface area contributed by atoms with Crippen LogP contribution in [0.1, 0.15) is 0 Å². The van der Waals surface area contributed by atoms with Gasteiger partial charge < -0.3 is 9.55 Å². The first-order valence-corrected chi connectivity index (χ1v) is 8.89. The molecule has 2 heteroatoms.